The van der Waals surface area contributed by atoms with E-state index in [0.29, 0.717) is 35.8 Å². The number of ether oxygens (including phenoxy) is 5. The van der Waals surface area contributed by atoms with Crippen molar-refractivity contribution in [3.8, 4) is 28.4 Å². The van der Waals surface area contributed by atoms with Crippen molar-refractivity contribution < 1.29 is 38.4 Å². The molecule has 0 fully saturated rings. The molecule has 1 amide bonds. The molecule has 1 aliphatic rings. The number of aliphatic hydroxyl groups excluding tert-OH is 1. The number of hydrogen-bond acceptors (Lipinski definition) is 9. The van der Waals surface area contributed by atoms with E-state index in [1.54, 1.807) is 59.3 Å². The average Bonchev–Trinajstić information content (AvgIpc) is 3.54. The Kier molecular flexibility index (Phi) is 12.0. The number of amides is 1. The summed E-state index contributed by atoms with van der Waals surface area (Å²) in [4.78, 5) is 32.8. The van der Waals surface area contributed by atoms with Gasteiger partial charge in [-0.25, -0.2) is 4.99 Å². The van der Waals surface area contributed by atoms with E-state index in [9.17, 15) is 9.59 Å². The van der Waals surface area contributed by atoms with Gasteiger partial charge in [-0.2, -0.15) is 0 Å². The summed E-state index contributed by atoms with van der Waals surface area (Å²) in [6, 6.07) is 30.5. The van der Waals surface area contributed by atoms with Crippen LogP contribution in [0.4, 0.5) is 0 Å². The van der Waals surface area contributed by atoms with Crippen molar-refractivity contribution in [3.05, 3.63) is 114 Å². The predicted octanol–water partition coefficient (Wildman–Crippen LogP) is 6.83. The molecule has 0 radical (unpaired) electrons. The Hall–Kier alpha value is -5.35. The van der Waals surface area contributed by atoms with Crippen LogP contribution < -0.4 is 19.5 Å². The highest BCUT2D eigenvalue weighted by Gasteiger charge is 2.53. The molecule has 51 heavy (non-hydrogen) atoms. The number of hydrogen-bond donors (Lipinski definition) is 2. The SMILES string of the molecule is COc1ccc(CNC(=O)[C@]2(CCC(=O)OC(C)(C)C)N=C(c3ccc(OCCCO)cc3)O[C@@H]2c2ccc(-c3ccccc3)cc2)cc1OC. The van der Waals surface area contributed by atoms with E-state index in [1.807, 2.05) is 72.8 Å². The normalized spacial score (nSPS) is 16.8. The number of esters is 1. The lowest BCUT2D eigenvalue weighted by Gasteiger charge is -2.31. The molecule has 0 saturated carbocycles. The molecule has 10 nitrogen and oxygen atoms in total. The Morgan fingerprint density at radius 2 is 1.53 bits per heavy atom. The fourth-order valence-electron chi connectivity index (χ4n) is 5.86. The van der Waals surface area contributed by atoms with E-state index >= 15 is 0 Å². The largest absolute Gasteiger partial charge is 0.494 e. The minimum Gasteiger partial charge on any atom is -0.494 e. The van der Waals surface area contributed by atoms with Gasteiger partial charge in [0.25, 0.3) is 5.91 Å². The molecule has 1 heterocycles. The van der Waals surface area contributed by atoms with Gasteiger partial charge >= 0.3 is 5.97 Å². The minimum absolute atomic E-state index is 0.0244. The maximum absolute atomic E-state index is 14.6. The van der Waals surface area contributed by atoms with Gasteiger partial charge in [0.15, 0.2) is 23.1 Å². The summed E-state index contributed by atoms with van der Waals surface area (Å²) in [7, 11) is 3.12. The quantitative estimate of drug-likeness (QED) is 0.103. The molecule has 5 rings (SSSR count). The molecule has 4 aromatic rings. The second-order valence-corrected chi connectivity index (χ2v) is 13.2. The second-order valence-electron chi connectivity index (χ2n) is 13.2. The van der Waals surface area contributed by atoms with Gasteiger partial charge in [0.1, 0.15) is 11.4 Å². The van der Waals surface area contributed by atoms with Gasteiger partial charge in [0, 0.05) is 31.6 Å². The zero-order valence-corrected chi connectivity index (χ0v) is 29.8. The first kappa shape index (κ1) is 36.9. The fourth-order valence-corrected chi connectivity index (χ4v) is 5.86. The summed E-state index contributed by atoms with van der Waals surface area (Å²) in [6.45, 7) is 6.00. The molecule has 0 aliphatic carbocycles. The third-order valence-corrected chi connectivity index (χ3v) is 8.38. The van der Waals surface area contributed by atoms with E-state index < -0.39 is 29.1 Å². The molecule has 0 unspecified atom stereocenters. The van der Waals surface area contributed by atoms with Crippen LogP contribution in [0.3, 0.4) is 0 Å². The summed E-state index contributed by atoms with van der Waals surface area (Å²) in [5, 5.41) is 12.2. The van der Waals surface area contributed by atoms with Crippen LogP contribution in [0.5, 0.6) is 17.2 Å². The van der Waals surface area contributed by atoms with Gasteiger partial charge in [0.05, 0.1) is 20.8 Å². The topological polar surface area (TPSA) is 125 Å². The Morgan fingerprint density at radius 1 is 0.863 bits per heavy atom. The molecule has 0 saturated heterocycles. The lowest BCUT2D eigenvalue weighted by atomic mass is 9.83. The standard InChI is InChI=1S/C41H46N2O8/c1-40(2,3)51-36(45)22-23-41(39(46)42-27-28-12-21-34(47-4)35(26-28)48-5)37(31-15-13-30(14-16-31)29-10-7-6-8-11-29)50-38(43-41)32-17-19-33(20-18-32)49-25-9-24-44/h6-8,10-21,26,37,44H,9,22-25,27H2,1-5H3,(H,42,46)/t37-,41-/m1/s1. The first-order chi connectivity index (χ1) is 24.5. The van der Waals surface area contributed by atoms with Crippen LogP contribution >= 0.6 is 0 Å². The molecule has 0 spiro atoms. The zero-order valence-electron chi connectivity index (χ0n) is 29.8. The van der Waals surface area contributed by atoms with E-state index in [1.165, 1.54) is 0 Å². The summed E-state index contributed by atoms with van der Waals surface area (Å²) >= 11 is 0. The molecule has 1 aliphatic heterocycles. The summed E-state index contributed by atoms with van der Waals surface area (Å²) in [5.74, 6) is 1.15. The third-order valence-electron chi connectivity index (χ3n) is 8.38. The van der Waals surface area contributed by atoms with Crippen molar-refractivity contribution in [2.45, 2.75) is 63.8 Å². The zero-order chi connectivity index (χ0) is 36.4. The van der Waals surface area contributed by atoms with Crippen LogP contribution in [-0.2, 0) is 25.6 Å². The summed E-state index contributed by atoms with van der Waals surface area (Å²) in [6.07, 6.45) is -0.403. The van der Waals surface area contributed by atoms with Crippen LogP contribution in [0.2, 0.25) is 0 Å². The van der Waals surface area contributed by atoms with Crippen molar-refractivity contribution in [1.29, 1.82) is 0 Å². The van der Waals surface area contributed by atoms with Crippen LogP contribution in [0, 0.1) is 0 Å². The maximum Gasteiger partial charge on any atom is 0.306 e. The summed E-state index contributed by atoms with van der Waals surface area (Å²) in [5.41, 5.74) is 1.98. The monoisotopic (exact) mass is 694 g/mol. The molecule has 2 atom stereocenters. The van der Waals surface area contributed by atoms with E-state index in [0.717, 1.165) is 22.3 Å². The molecular formula is C41H46N2O8. The van der Waals surface area contributed by atoms with Gasteiger partial charge in [-0.05, 0) is 85.8 Å². The van der Waals surface area contributed by atoms with Crippen molar-refractivity contribution >= 4 is 17.8 Å². The number of carbonyl (C=O) groups excluding carboxylic acids is 2. The van der Waals surface area contributed by atoms with Gasteiger partial charge in [0.2, 0.25) is 5.90 Å². The number of nitrogens with zero attached hydrogens (tertiary/aromatic N) is 1. The predicted molar refractivity (Wildman–Crippen MR) is 195 cm³/mol. The van der Waals surface area contributed by atoms with Crippen molar-refractivity contribution in [1.82, 2.24) is 5.32 Å². The number of carbonyl (C=O) groups is 2. The van der Waals surface area contributed by atoms with Crippen molar-refractivity contribution in [2.24, 2.45) is 4.99 Å². The summed E-state index contributed by atoms with van der Waals surface area (Å²) < 4.78 is 28.9. The maximum atomic E-state index is 14.6. The highest BCUT2D eigenvalue weighted by atomic mass is 16.6. The molecule has 0 aromatic heterocycles. The van der Waals surface area contributed by atoms with Gasteiger partial charge in [-0.3, -0.25) is 9.59 Å². The van der Waals surface area contributed by atoms with Crippen LogP contribution in [0.1, 0.15) is 62.8 Å². The highest BCUT2D eigenvalue weighted by Crippen LogP contribution is 2.44. The number of rotatable bonds is 15. The molecule has 10 heteroatoms. The Bertz CT molecular complexity index is 1800. The van der Waals surface area contributed by atoms with E-state index in [-0.39, 0.29) is 31.9 Å². The molecule has 2 N–H and O–H groups in total. The number of aliphatic imine (C=N–C) groups is 1. The lowest BCUT2D eigenvalue weighted by molar-refractivity contribution is -0.155. The van der Waals surface area contributed by atoms with E-state index in [4.69, 9.17) is 33.8 Å². The van der Waals surface area contributed by atoms with Crippen LogP contribution in [0.25, 0.3) is 11.1 Å². The first-order valence-corrected chi connectivity index (χ1v) is 17.0. The van der Waals surface area contributed by atoms with Gasteiger partial charge < -0.3 is 34.1 Å². The number of benzene rings is 4. The highest BCUT2D eigenvalue weighted by molar-refractivity contribution is 6.01. The van der Waals surface area contributed by atoms with Crippen LogP contribution in [0.15, 0.2) is 102 Å². The average molecular weight is 695 g/mol. The number of nitrogens with one attached hydrogen (secondary N) is 1. The Balaban J connectivity index is 1.53. The minimum atomic E-state index is -1.53. The Labute approximate surface area is 299 Å². The second kappa shape index (κ2) is 16.6. The molecular weight excluding hydrogens is 648 g/mol. The van der Waals surface area contributed by atoms with E-state index in [2.05, 4.69) is 5.32 Å². The molecule has 268 valence electrons. The van der Waals surface area contributed by atoms with Crippen molar-refractivity contribution in [2.75, 3.05) is 27.4 Å². The number of aliphatic hydroxyl groups is 1. The smallest absolute Gasteiger partial charge is 0.306 e. The lowest BCUT2D eigenvalue weighted by Crippen LogP contribution is -2.48. The number of methoxy groups -OCH3 is 2. The fraction of sp³-hybridized carbons (Fsp3) is 0.341. The van der Waals surface area contributed by atoms with Gasteiger partial charge in [-0.15, -0.1) is 0 Å². The third kappa shape index (κ3) is 9.26. The van der Waals surface area contributed by atoms with Crippen LogP contribution in [-0.4, -0.2) is 61.5 Å². The Morgan fingerprint density at radius 3 is 2.18 bits per heavy atom. The molecule has 0 bridgehead atoms. The van der Waals surface area contributed by atoms with Crippen molar-refractivity contribution in [3.63, 3.8) is 0 Å². The van der Waals surface area contributed by atoms with Gasteiger partial charge in [-0.1, -0.05) is 60.7 Å². The first-order valence-electron chi connectivity index (χ1n) is 17.0. The molecule has 4 aromatic carbocycles.